The quantitative estimate of drug-likeness (QED) is 0.708. The van der Waals surface area contributed by atoms with Crippen LogP contribution < -0.4 is 11.1 Å². The monoisotopic (exact) mass is 242 g/mol. The summed E-state index contributed by atoms with van der Waals surface area (Å²) in [7, 11) is 0. The van der Waals surface area contributed by atoms with Gasteiger partial charge in [0, 0.05) is 16.9 Å². The molecule has 2 aromatic rings. The zero-order valence-electron chi connectivity index (χ0n) is 9.97. The molecule has 92 valence electrons. The summed E-state index contributed by atoms with van der Waals surface area (Å²) in [6, 6.07) is 11.4. The zero-order valence-corrected chi connectivity index (χ0v) is 9.97. The number of amides is 1. The maximum atomic E-state index is 12.0. The van der Waals surface area contributed by atoms with Gasteiger partial charge in [0.1, 0.15) is 5.75 Å². The van der Waals surface area contributed by atoms with Crippen LogP contribution in [-0.2, 0) is 0 Å². The summed E-state index contributed by atoms with van der Waals surface area (Å²) in [5.41, 5.74) is 8.39. The Hall–Kier alpha value is -2.49. The number of benzene rings is 2. The molecule has 0 spiro atoms. The zero-order chi connectivity index (χ0) is 13.1. The van der Waals surface area contributed by atoms with Crippen LogP contribution in [0, 0.1) is 6.92 Å². The van der Waals surface area contributed by atoms with E-state index in [4.69, 9.17) is 10.8 Å². The van der Waals surface area contributed by atoms with Crippen LogP contribution in [0.3, 0.4) is 0 Å². The minimum absolute atomic E-state index is 0.131. The van der Waals surface area contributed by atoms with Crippen molar-refractivity contribution in [1.29, 1.82) is 0 Å². The van der Waals surface area contributed by atoms with E-state index in [0.29, 0.717) is 16.9 Å². The van der Waals surface area contributed by atoms with Crippen molar-refractivity contribution in [3.8, 4) is 5.75 Å². The van der Waals surface area contributed by atoms with E-state index in [0.717, 1.165) is 5.56 Å². The van der Waals surface area contributed by atoms with Gasteiger partial charge in [0.2, 0.25) is 0 Å². The number of nitrogen functional groups attached to an aromatic ring is 1. The van der Waals surface area contributed by atoms with Gasteiger partial charge in [0.15, 0.2) is 0 Å². The average Bonchev–Trinajstić information content (AvgIpc) is 2.34. The summed E-state index contributed by atoms with van der Waals surface area (Å²) in [5.74, 6) is -0.101. The van der Waals surface area contributed by atoms with E-state index in [1.165, 1.54) is 12.1 Å². The summed E-state index contributed by atoms with van der Waals surface area (Å²) >= 11 is 0. The normalized spacial score (nSPS) is 10.1. The van der Waals surface area contributed by atoms with E-state index in [-0.39, 0.29) is 11.7 Å². The molecule has 0 saturated carbocycles. The molecule has 0 heterocycles. The van der Waals surface area contributed by atoms with Crippen molar-refractivity contribution < 1.29 is 9.90 Å². The SMILES string of the molecule is Cc1ccc(N)cc1NC(=O)c1ccc(O)cc1. The molecule has 1 amide bonds. The minimum Gasteiger partial charge on any atom is -0.508 e. The number of anilines is 2. The topological polar surface area (TPSA) is 75.3 Å². The van der Waals surface area contributed by atoms with Gasteiger partial charge in [0.25, 0.3) is 5.91 Å². The van der Waals surface area contributed by atoms with Crippen LogP contribution in [0.25, 0.3) is 0 Å². The average molecular weight is 242 g/mol. The Kier molecular flexibility index (Phi) is 3.19. The highest BCUT2D eigenvalue weighted by atomic mass is 16.3. The van der Waals surface area contributed by atoms with Gasteiger partial charge in [-0.05, 0) is 48.9 Å². The van der Waals surface area contributed by atoms with Crippen LogP contribution in [0.2, 0.25) is 0 Å². The summed E-state index contributed by atoms with van der Waals surface area (Å²) in [5, 5.41) is 11.9. The Balaban J connectivity index is 2.21. The second-order valence-corrected chi connectivity index (χ2v) is 4.08. The van der Waals surface area contributed by atoms with E-state index in [1.807, 2.05) is 13.0 Å². The molecule has 0 saturated heterocycles. The van der Waals surface area contributed by atoms with Gasteiger partial charge in [-0.25, -0.2) is 0 Å². The van der Waals surface area contributed by atoms with Crippen molar-refractivity contribution in [2.24, 2.45) is 0 Å². The number of carbonyl (C=O) groups excluding carboxylic acids is 1. The molecule has 0 atom stereocenters. The van der Waals surface area contributed by atoms with Crippen LogP contribution in [0.1, 0.15) is 15.9 Å². The number of phenols is 1. The number of rotatable bonds is 2. The van der Waals surface area contributed by atoms with Gasteiger partial charge in [-0.1, -0.05) is 6.07 Å². The number of hydrogen-bond acceptors (Lipinski definition) is 3. The fraction of sp³-hybridized carbons (Fsp3) is 0.0714. The Morgan fingerprint density at radius 3 is 2.50 bits per heavy atom. The third-order valence-electron chi connectivity index (χ3n) is 2.64. The van der Waals surface area contributed by atoms with Gasteiger partial charge in [-0.15, -0.1) is 0 Å². The molecule has 0 bridgehead atoms. The predicted molar refractivity (Wildman–Crippen MR) is 71.7 cm³/mol. The lowest BCUT2D eigenvalue weighted by Gasteiger charge is -2.09. The third kappa shape index (κ3) is 2.60. The van der Waals surface area contributed by atoms with Crippen LogP contribution in [0.15, 0.2) is 42.5 Å². The number of nitrogens with one attached hydrogen (secondary N) is 1. The molecule has 0 aliphatic carbocycles. The molecule has 0 aliphatic rings. The number of phenolic OH excluding ortho intramolecular Hbond substituents is 1. The van der Waals surface area contributed by atoms with Crippen molar-refractivity contribution >= 4 is 17.3 Å². The first-order chi connectivity index (χ1) is 8.56. The summed E-state index contributed by atoms with van der Waals surface area (Å²) in [6.07, 6.45) is 0. The highest BCUT2D eigenvalue weighted by Gasteiger charge is 2.07. The van der Waals surface area contributed by atoms with E-state index < -0.39 is 0 Å². The number of aryl methyl sites for hydroxylation is 1. The first-order valence-electron chi connectivity index (χ1n) is 5.53. The van der Waals surface area contributed by atoms with Crippen LogP contribution in [-0.4, -0.2) is 11.0 Å². The number of hydrogen-bond donors (Lipinski definition) is 3. The second kappa shape index (κ2) is 4.79. The number of nitrogens with two attached hydrogens (primary N) is 1. The lowest BCUT2D eigenvalue weighted by molar-refractivity contribution is 0.102. The van der Waals surface area contributed by atoms with Gasteiger partial charge in [-0.2, -0.15) is 0 Å². The standard InChI is InChI=1S/C14H14N2O2/c1-9-2-5-11(15)8-13(9)16-14(18)10-3-6-12(17)7-4-10/h2-8,17H,15H2,1H3,(H,16,18). The molecular formula is C14H14N2O2. The Bertz CT molecular complexity index is 577. The lowest BCUT2D eigenvalue weighted by Crippen LogP contribution is -2.12. The number of aromatic hydroxyl groups is 1. The van der Waals surface area contributed by atoms with Crippen molar-refractivity contribution in [3.05, 3.63) is 53.6 Å². The van der Waals surface area contributed by atoms with Crippen LogP contribution >= 0.6 is 0 Å². The van der Waals surface area contributed by atoms with Crippen molar-refractivity contribution in [3.63, 3.8) is 0 Å². The van der Waals surface area contributed by atoms with E-state index >= 15 is 0 Å². The van der Waals surface area contributed by atoms with Crippen LogP contribution in [0.4, 0.5) is 11.4 Å². The molecule has 18 heavy (non-hydrogen) atoms. The fourth-order valence-electron chi connectivity index (χ4n) is 1.58. The van der Waals surface area contributed by atoms with Gasteiger partial charge >= 0.3 is 0 Å². The maximum absolute atomic E-state index is 12.0. The molecule has 4 N–H and O–H groups in total. The number of carbonyl (C=O) groups is 1. The minimum atomic E-state index is -0.233. The summed E-state index contributed by atoms with van der Waals surface area (Å²) < 4.78 is 0. The molecule has 0 aliphatic heterocycles. The highest BCUT2D eigenvalue weighted by Crippen LogP contribution is 2.19. The third-order valence-corrected chi connectivity index (χ3v) is 2.64. The Morgan fingerprint density at radius 2 is 1.83 bits per heavy atom. The predicted octanol–water partition coefficient (Wildman–Crippen LogP) is 2.54. The van der Waals surface area contributed by atoms with Gasteiger partial charge in [0.05, 0.1) is 0 Å². The lowest BCUT2D eigenvalue weighted by atomic mass is 10.1. The molecule has 2 aromatic carbocycles. The van der Waals surface area contributed by atoms with E-state index in [2.05, 4.69) is 5.32 Å². The fourth-order valence-corrected chi connectivity index (χ4v) is 1.58. The molecule has 4 nitrogen and oxygen atoms in total. The van der Waals surface area contributed by atoms with E-state index in [9.17, 15) is 4.79 Å². The Morgan fingerprint density at radius 1 is 1.17 bits per heavy atom. The first kappa shape index (κ1) is 12.0. The summed E-state index contributed by atoms with van der Waals surface area (Å²) in [4.78, 5) is 12.0. The molecule has 2 rings (SSSR count). The smallest absolute Gasteiger partial charge is 0.255 e. The highest BCUT2D eigenvalue weighted by molar-refractivity contribution is 6.04. The molecular weight excluding hydrogens is 228 g/mol. The van der Waals surface area contributed by atoms with E-state index in [1.54, 1.807) is 24.3 Å². The molecule has 0 fully saturated rings. The van der Waals surface area contributed by atoms with Crippen molar-refractivity contribution in [2.75, 3.05) is 11.1 Å². The molecule has 0 radical (unpaired) electrons. The van der Waals surface area contributed by atoms with Gasteiger partial charge in [-0.3, -0.25) is 4.79 Å². The second-order valence-electron chi connectivity index (χ2n) is 4.08. The first-order valence-corrected chi connectivity index (χ1v) is 5.53. The Labute approximate surface area is 105 Å². The van der Waals surface area contributed by atoms with Crippen molar-refractivity contribution in [1.82, 2.24) is 0 Å². The molecule has 0 aromatic heterocycles. The van der Waals surface area contributed by atoms with Crippen LogP contribution in [0.5, 0.6) is 5.75 Å². The van der Waals surface area contributed by atoms with Crippen molar-refractivity contribution in [2.45, 2.75) is 6.92 Å². The summed E-state index contributed by atoms with van der Waals surface area (Å²) in [6.45, 7) is 1.89. The molecule has 0 unspecified atom stereocenters. The maximum Gasteiger partial charge on any atom is 0.255 e. The largest absolute Gasteiger partial charge is 0.508 e. The molecule has 4 heteroatoms. The van der Waals surface area contributed by atoms with Gasteiger partial charge < -0.3 is 16.2 Å².